The van der Waals surface area contributed by atoms with Crippen molar-refractivity contribution in [3.8, 4) is 0 Å². The van der Waals surface area contributed by atoms with Crippen molar-refractivity contribution in [1.82, 2.24) is 14.9 Å². The van der Waals surface area contributed by atoms with E-state index in [1.165, 1.54) is 47.5 Å². The Morgan fingerprint density at radius 2 is 1.85 bits per heavy atom. The normalized spacial score (nSPS) is 17.7. The van der Waals surface area contributed by atoms with Crippen LogP contribution in [-0.4, -0.2) is 28.0 Å². The predicted octanol–water partition coefficient (Wildman–Crippen LogP) is 4.76. The lowest BCUT2D eigenvalue weighted by Gasteiger charge is -2.32. The summed E-state index contributed by atoms with van der Waals surface area (Å²) in [7, 11) is 0. The molecule has 1 fully saturated rings. The van der Waals surface area contributed by atoms with Gasteiger partial charge in [-0.3, -0.25) is 14.9 Å². The number of pyridine rings is 2. The van der Waals surface area contributed by atoms with E-state index in [4.69, 9.17) is 4.98 Å². The highest BCUT2D eigenvalue weighted by Gasteiger charge is 2.22. The first-order valence-electron chi connectivity index (χ1n) is 9.89. The summed E-state index contributed by atoms with van der Waals surface area (Å²) < 4.78 is 0. The molecule has 3 heterocycles. The molecule has 4 rings (SSSR count). The van der Waals surface area contributed by atoms with E-state index in [0.717, 1.165) is 19.5 Å². The molecule has 2 aromatic heterocycles. The zero-order valence-corrected chi connectivity index (χ0v) is 16.0. The zero-order valence-electron chi connectivity index (χ0n) is 16.0. The van der Waals surface area contributed by atoms with Gasteiger partial charge in [-0.05, 0) is 61.7 Å². The molecule has 3 heteroatoms. The zero-order chi connectivity index (χ0) is 18.5. The van der Waals surface area contributed by atoms with Crippen LogP contribution < -0.4 is 0 Å². The Morgan fingerprint density at radius 3 is 2.70 bits per heavy atom. The summed E-state index contributed by atoms with van der Waals surface area (Å²) in [6.45, 7) is 5.40. The van der Waals surface area contributed by atoms with E-state index in [1.807, 2.05) is 12.4 Å². The van der Waals surface area contributed by atoms with Crippen molar-refractivity contribution >= 4 is 0 Å². The highest BCUT2D eigenvalue weighted by Crippen LogP contribution is 2.27. The van der Waals surface area contributed by atoms with Gasteiger partial charge in [-0.1, -0.05) is 35.9 Å². The SMILES string of the molecule is Cc1cccc(Cc2cccc(C3CCCN(Cc4ccncc4)C3)n2)c1. The molecule has 138 valence electrons. The Labute approximate surface area is 162 Å². The summed E-state index contributed by atoms with van der Waals surface area (Å²) in [5, 5.41) is 0. The fraction of sp³-hybridized carbons (Fsp3) is 0.333. The second kappa shape index (κ2) is 8.45. The van der Waals surface area contributed by atoms with Gasteiger partial charge in [-0.25, -0.2) is 0 Å². The number of benzene rings is 1. The first-order valence-corrected chi connectivity index (χ1v) is 9.89. The molecule has 3 aromatic rings. The molecule has 27 heavy (non-hydrogen) atoms. The fourth-order valence-electron chi connectivity index (χ4n) is 4.04. The first kappa shape index (κ1) is 17.9. The number of hydrogen-bond acceptors (Lipinski definition) is 3. The molecule has 0 radical (unpaired) electrons. The van der Waals surface area contributed by atoms with Crippen molar-refractivity contribution in [3.05, 3.63) is 95.1 Å². The molecular weight excluding hydrogens is 330 g/mol. The third-order valence-electron chi connectivity index (χ3n) is 5.38. The van der Waals surface area contributed by atoms with E-state index in [2.05, 4.69) is 71.4 Å². The van der Waals surface area contributed by atoms with E-state index < -0.39 is 0 Å². The Hall–Kier alpha value is -2.52. The van der Waals surface area contributed by atoms with Gasteiger partial charge < -0.3 is 0 Å². The second-order valence-electron chi connectivity index (χ2n) is 7.65. The van der Waals surface area contributed by atoms with Gasteiger partial charge >= 0.3 is 0 Å². The Morgan fingerprint density at radius 1 is 1.00 bits per heavy atom. The minimum Gasteiger partial charge on any atom is -0.298 e. The molecule has 1 saturated heterocycles. The number of aromatic nitrogens is 2. The minimum absolute atomic E-state index is 0.526. The highest BCUT2D eigenvalue weighted by atomic mass is 15.1. The number of rotatable bonds is 5. The third-order valence-corrected chi connectivity index (χ3v) is 5.38. The lowest BCUT2D eigenvalue weighted by Crippen LogP contribution is -2.34. The van der Waals surface area contributed by atoms with Gasteiger partial charge in [-0.15, -0.1) is 0 Å². The molecular formula is C24H27N3. The van der Waals surface area contributed by atoms with Crippen LogP contribution in [0.4, 0.5) is 0 Å². The van der Waals surface area contributed by atoms with Gasteiger partial charge in [0.1, 0.15) is 0 Å². The average Bonchev–Trinajstić information content (AvgIpc) is 2.69. The topological polar surface area (TPSA) is 29.0 Å². The molecule has 1 atom stereocenters. The number of piperidine rings is 1. The molecule has 0 aliphatic carbocycles. The van der Waals surface area contributed by atoms with Gasteiger partial charge in [0.2, 0.25) is 0 Å². The van der Waals surface area contributed by atoms with E-state index >= 15 is 0 Å². The van der Waals surface area contributed by atoms with Gasteiger partial charge in [0, 0.05) is 49.2 Å². The molecule has 3 nitrogen and oxygen atoms in total. The lowest BCUT2D eigenvalue weighted by molar-refractivity contribution is 0.198. The second-order valence-corrected chi connectivity index (χ2v) is 7.65. The van der Waals surface area contributed by atoms with Gasteiger partial charge in [0.15, 0.2) is 0 Å². The van der Waals surface area contributed by atoms with Crippen LogP contribution >= 0.6 is 0 Å². The van der Waals surface area contributed by atoms with Gasteiger partial charge in [0.05, 0.1) is 0 Å². The fourth-order valence-corrected chi connectivity index (χ4v) is 4.04. The number of likely N-dealkylation sites (tertiary alicyclic amines) is 1. The molecule has 0 amide bonds. The largest absolute Gasteiger partial charge is 0.298 e. The molecule has 0 N–H and O–H groups in total. The van der Waals surface area contributed by atoms with Crippen LogP contribution in [0, 0.1) is 6.92 Å². The van der Waals surface area contributed by atoms with Crippen molar-refractivity contribution in [1.29, 1.82) is 0 Å². The summed E-state index contributed by atoms with van der Waals surface area (Å²) in [5.74, 6) is 0.526. The molecule has 0 bridgehead atoms. The highest BCUT2D eigenvalue weighted by molar-refractivity contribution is 5.27. The molecule has 0 saturated carbocycles. The molecule has 1 aliphatic rings. The summed E-state index contributed by atoms with van der Waals surface area (Å²) >= 11 is 0. The summed E-state index contributed by atoms with van der Waals surface area (Å²) in [6.07, 6.45) is 7.14. The van der Waals surface area contributed by atoms with Crippen LogP contribution in [0.5, 0.6) is 0 Å². The third kappa shape index (κ3) is 4.81. The van der Waals surface area contributed by atoms with Crippen LogP contribution in [0.2, 0.25) is 0 Å². The standard InChI is InChI=1S/C24H27N3/c1-19-5-2-6-21(15-19)16-23-8-3-9-24(26-23)22-7-4-14-27(18-22)17-20-10-12-25-13-11-20/h2-3,5-6,8-13,15,22H,4,7,14,16-18H2,1H3. The predicted molar refractivity (Wildman–Crippen MR) is 110 cm³/mol. The van der Waals surface area contributed by atoms with Gasteiger partial charge in [0.25, 0.3) is 0 Å². The van der Waals surface area contributed by atoms with E-state index in [0.29, 0.717) is 5.92 Å². The van der Waals surface area contributed by atoms with Crippen LogP contribution in [0.25, 0.3) is 0 Å². The van der Waals surface area contributed by atoms with Crippen molar-refractivity contribution in [2.24, 2.45) is 0 Å². The molecule has 1 aromatic carbocycles. The first-order chi connectivity index (χ1) is 13.3. The molecule has 1 unspecified atom stereocenters. The summed E-state index contributed by atoms with van der Waals surface area (Å²) in [4.78, 5) is 11.7. The van der Waals surface area contributed by atoms with Crippen LogP contribution in [0.15, 0.2) is 67.0 Å². The van der Waals surface area contributed by atoms with Crippen molar-refractivity contribution in [2.75, 3.05) is 13.1 Å². The van der Waals surface area contributed by atoms with Crippen LogP contribution in [0.1, 0.15) is 46.8 Å². The van der Waals surface area contributed by atoms with E-state index in [-0.39, 0.29) is 0 Å². The van der Waals surface area contributed by atoms with Gasteiger partial charge in [-0.2, -0.15) is 0 Å². The van der Waals surface area contributed by atoms with E-state index in [9.17, 15) is 0 Å². The monoisotopic (exact) mass is 357 g/mol. The maximum atomic E-state index is 5.03. The number of nitrogens with zero attached hydrogens (tertiary/aromatic N) is 3. The van der Waals surface area contributed by atoms with Crippen molar-refractivity contribution < 1.29 is 0 Å². The summed E-state index contributed by atoms with van der Waals surface area (Å²) in [5.41, 5.74) is 6.40. The molecule has 1 aliphatic heterocycles. The number of aryl methyl sites for hydroxylation is 1. The Bertz CT molecular complexity index is 876. The van der Waals surface area contributed by atoms with E-state index in [1.54, 1.807) is 0 Å². The maximum Gasteiger partial charge on any atom is 0.0450 e. The van der Waals surface area contributed by atoms with Crippen molar-refractivity contribution in [3.63, 3.8) is 0 Å². The van der Waals surface area contributed by atoms with Crippen LogP contribution in [-0.2, 0) is 13.0 Å². The van der Waals surface area contributed by atoms with Crippen LogP contribution in [0.3, 0.4) is 0 Å². The van der Waals surface area contributed by atoms with Crippen molar-refractivity contribution in [2.45, 2.75) is 38.6 Å². The average molecular weight is 358 g/mol. The number of hydrogen-bond donors (Lipinski definition) is 0. The Kier molecular flexibility index (Phi) is 5.59. The molecule has 0 spiro atoms. The smallest absolute Gasteiger partial charge is 0.0450 e. The maximum absolute atomic E-state index is 5.03. The Balaban J connectivity index is 1.44. The quantitative estimate of drug-likeness (QED) is 0.659. The lowest BCUT2D eigenvalue weighted by atomic mass is 9.93. The minimum atomic E-state index is 0.526. The summed E-state index contributed by atoms with van der Waals surface area (Å²) in [6, 6.07) is 19.5.